The Morgan fingerprint density at radius 3 is 2.79 bits per heavy atom. The number of anilines is 3. The first-order valence-corrected chi connectivity index (χ1v) is 8.84. The zero-order chi connectivity index (χ0) is 21.1. The van der Waals surface area contributed by atoms with E-state index in [-0.39, 0.29) is 35.5 Å². The summed E-state index contributed by atoms with van der Waals surface area (Å²) in [6.07, 6.45) is 1.77. The van der Waals surface area contributed by atoms with Gasteiger partial charge in [-0.05, 0) is 18.2 Å². The number of amides is 1. The number of carbonyl (C=O) groups is 1. The highest BCUT2D eigenvalue weighted by atomic mass is 79.9. The van der Waals surface area contributed by atoms with Crippen LogP contribution in [0.1, 0.15) is 22.7 Å². The molecule has 146 valence electrons. The highest BCUT2D eigenvalue weighted by Crippen LogP contribution is 2.43. The van der Waals surface area contributed by atoms with Crippen molar-refractivity contribution in [2.24, 2.45) is 10.7 Å². The zero-order valence-electron chi connectivity index (χ0n) is 14.7. The number of guanidine groups is 1. The molecule has 0 bridgehead atoms. The Morgan fingerprint density at radius 2 is 2.14 bits per heavy atom. The van der Waals surface area contributed by atoms with Crippen LogP contribution >= 0.6 is 15.9 Å². The van der Waals surface area contributed by atoms with Gasteiger partial charge in [-0.25, -0.2) is 9.98 Å². The topological polar surface area (TPSA) is 201 Å². The molecule has 1 aliphatic heterocycles. The maximum atomic E-state index is 11.2. The number of aromatic nitrogens is 1. The highest BCUT2D eigenvalue weighted by Gasteiger charge is 2.31. The quantitative estimate of drug-likeness (QED) is 0.324. The Hall–Kier alpha value is -4.03. The molecule has 1 aromatic carbocycles. The molecule has 12 heteroatoms. The van der Waals surface area contributed by atoms with Gasteiger partial charge >= 0.3 is 0 Å². The smallest absolute Gasteiger partial charge is 0.255 e. The first-order valence-electron chi connectivity index (χ1n) is 8.05. The highest BCUT2D eigenvalue weighted by molar-refractivity contribution is 9.10. The third-order valence-electron chi connectivity index (χ3n) is 3.99. The number of nitriles is 2. The molecule has 0 aliphatic carbocycles. The van der Waals surface area contributed by atoms with E-state index in [4.69, 9.17) is 27.2 Å². The molecule has 1 aliphatic rings. The summed E-state index contributed by atoms with van der Waals surface area (Å²) in [6.45, 7) is -0.349. The SMILES string of the molecule is N#CNC1=NC(c2cc(Br)ccc2OCC(N)=O)c2c(nc(N)c(C#N)c2N)N1. The summed E-state index contributed by atoms with van der Waals surface area (Å²) in [5, 5.41) is 23.6. The Balaban J connectivity index is 2.24. The normalized spacial score (nSPS) is 14.4. The summed E-state index contributed by atoms with van der Waals surface area (Å²) in [5.74, 6) is -0.0626. The van der Waals surface area contributed by atoms with Crippen LogP contribution in [0.2, 0.25) is 0 Å². The van der Waals surface area contributed by atoms with E-state index in [0.717, 1.165) is 0 Å². The number of benzene rings is 1. The number of rotatable bonds is 4. The number of carbonyl (C=O) groups excluding carboxylic acids is 1. The number of pyridine rings is 1. The maximum Gasteiger partial charge on any atom is 0.255 e. The van der Waals surface area contributed by atoms with Gasteiger partial charge < -0.3 is 27.3 Å². The van der Waals surface area contributed by atoms with Gasteiger partial charge in [0, 0.05) is 15.6 Å². The summed E-state index contributed by atoms with van der Waals surface area (Å²) in [5.41, 5.74) is 18.2. The van der Waals surface area contributed by atoms with Gasteiger partial charge in [-0.2, -0.15) is 10.5 Å². The molecule has 2 aromatic rings. The van der Waals surface area contributed by atoms with Crippen molar-refractivity contribution in [3.05, 3.63) is 39.4 Å². The molecule has 0 radical (unpaired) electrons. The summed E-state index contributed by atoms with van der Waals surface area (Å²) < 4.78 is 6.22. The molecular formula is C17H14BrN9O2. The molecule has 1 atom stereocenters. The van der Waals surface area contributed by atoms with Gasteiger partial charge in [0.1, 0.15) is 35.1 Å². The zero-order valence-corrected chi connectivity index (χ0v) is 16.3. The Labute approximate surface area is 173 Å². The summed E-state index contributed by atoms with van der Waals surface area (Å²) in [6, 6.07) is 6.17. The van der Waals surface area contributed by atoms with E-state index in [2.05, 4.69) is 36.5 Å². The number of nitrogen functional groups attached to an aromatic ring is 2. The molecule has 29 heavy (non-hydrogen) atoms. The van der Waals surface area contributed by atoms with Crippen molar-refractivity contribution in [1.29, 1.82) is 10.5 Å². The fourth-order valence-corrected chi connectivity index (χ4v) is 3.20. The minimum Gasteiger partial charge on any atom is -0.483 e. The number of primary amides is 1. The van der Waals surface area contributed by atoms with Crippen LogP contribution in [-0.4, -0.2) is 23.5 Å². The molecule has 0 saturated heterocycles. The fraction of sp³-hybridized carbons (Fsp3) is 0.118. The van der Waals surface area contributed by atoms with Crippen LogP contribution in [0.4, 0.5) is 17.3 Å². The van der Waals surface area contributed by atoms with Crippen molar-refractivity contribution in [1.82, 2.24) is 10.3 Å². The Morgan fingerprint density at radius 1 is 1.38 bits per heavy atom. The van der Waals surface area contributed by atoms with E-state index >= 15 is 0 Å². The molecule has 0 spiro atoms. The van der Waals surface area contributed by atoms with Crippen molar-refractivity contribution < 1.29 is 9.53 Å². The molecule has 1 unspecified atom stereocenters. The van der Waals surface area contributed by atoms with E-state index in [1.807, 2.05) is 6.07 Å². The van der Waals surface area contributed by atoms with Gasteiger partial charge in [0.15, 0.2) is 12.8 Å². The van der Waals surface area contributed by atoms with Gasteiger partial charge in [0.05, 0.1) is 5.69 Å². The number of hydrogen-bond donors (Lipinski definition) is 5. The van der Waals surface area contributed by atoms with Crippen LogP contribution in [0.25, 0.3) is 0 Å². The number of ether oxygens (including phenoxy) is 1. The van der Waals surface area contributed by atoms with Crippen LogP contribution < -0.4 is 32.6 Å². The van der Waals surface area contributed by atoms with E-state index in [1.54, 1.807) is 24.4 Å². The third-order valence-corrected chi connectivity index (χ3v) is 4.49. The Kier molecular flexibility index (Phi) is 5.38. The van der Waals surface area contributed by atoms with E-state index in [9.17, 15) is 10.1 Å². The predicted octanol–water partition coefficient (Wildman–Crippen LogP) is 0.686. The van der Waals surface area contributed by atoms with Crippen molar-refractivity contribution in [2.45, 2.75) is 6.04 Å². The van der Waals surface area contributed by atoms with Gasteiger partial charge in [-0.3, -0.25) is 10.1 Å². The number of fused-ring (bicyclic) bond motifs is 1. The molecule has 11 nitrogen and oxygen atoms in total. The lowest BCUT2D eigenvalue weighted by molar-refractivity contribution is -0.119. The predicted molar refractivity (Wildman–Crippen MR) is 108 cm³/mol. The monoisotopic (exact) mass is 455 g/mol. The van der Waals surface area contributed by atoms with E-state index < -0.39 is 11.9 Å². The summed E-state index contributed by atoms with van der Waals surface area (Å²) in [7, 11) is 0. The number of halogens is 1. The van der Waals surface area contributed by atoms with Gasteiger partial charge in [-0.15, -0.1) is 0 Å². The van der Waals surface area contributed by atoms with Crippen LogP contribution in [0.3, 0.4) is 0 Å². The second-order valence-electron chi connectivity index (χ2n) is 5.84. The van der Waals surface area contributed by atoms with E-state index in [1.165, 1.54) is 0 Å². The largest absolute Gasteiger partial charge is 0.483 e. The summed E-state index contributed by atoms with van der Waals surface area (Å²) in [4.78, 5) is 19.8. The van der Waals surface area contributed by atoms with Crippen molar-refractivity contribution in [3.8, 4) is 18.0 Å². The van der Waals surface area contributed by atoms with Crippen LogP contribution in [0, 0.1) is 22.8 Å². The minimum atomic E-state index is -0.817. The van der Waals surface area contributed by atoms with E-state index in [0.29, 0.717) is 21.3 Å². The number of aliphatic imine (C=N–C) groups is 1. The molecule has 0 saturated carbocycles. The fourth-order valence-electron chi connectivity index (χ4n) is 2.82. The standard InChI is InChI=1S/C17H14BrN9O2/c18-7-1-2-10(29-5-11(21)28)8(3-7)14-12-13(22)9(4-19)15(23)26-16(12)27-17(25-14)24-6-20/h1-3,14H,5H2,(H2,21,28)(H6,22,23,24,25,26,27). The minimum absolute atomic E-state index is 0.0112. The molecule has 2 heterocycles. The molecule has 1 aromatic heterocycles. The Bertz CT molecular complexity index is 1120. The first-order chi connectivity index (χ1) is 13.8. The lowest BCUT2D eigenvalue weighted by Crippen LogP contribution is -2.33. The molecular weight excluding hydrogens is 442 g/mol. The van der Waals surface area contributed by atoms with Gasteiger partial charge in [-0.1, -0.05) is 15.9 Å². The second kappa shape index (κ2) is 7.92. The van der Waals surface area contributed by atoms with Gasteiger partial charge in [0.25, 0.3) is 5.91 Å². The summed E-state index contributed by atoms with van der Waals surface area (Å²) >= 11 is 3.39. The van der Waals surface area contributed by atoms with Crippen molar-refractivity contribution in [3.63, 3.8) is 0 Å². The van der Waals surface area contributed by atoms with Crippen LogP contribution in [0.5, 0.6) is 5.75 Å². The second-order valence-corrected chi connectivity index (χ2v) is 6.75. The van der Waals surface area contributed by atoms with Gasteiger partial charge in [0.2, 0.25) is 5.96 Å². The molecule has 1 amide bonds. The number of nitrogens with zero attached hydrogens (tertiary/aromatic N) is 4. The van der Waals surface area contributed by atoms with Crippen LogP contribution in [-0.2, 0) is 4.79 Å². The third kappa shape index (κ3) is 3.83. The van der Waals surface area contributed by atoms with Crippen molar-refractivity contribution in [2.75, 3.05) is 23.4 Å². The average molecular weight is 456 g/mol. The number of nitrogens with two attached hydrogens (primary N) is 3. The lowest BCUT2D eigenvalue weighted by Gasteiger charge is -2.27. The molecule has 3 rings (SSSR count). The lowest BCUT2D eigenvalue weighted by atomic mass is 9.94. The van der Waals surface area contributed by atoms with Crippen LogP contribution in [0.15, 0.2) is 27.7 Å². The van der Waals surface area contributed by atoms with Crippen molar-refractivity contribution >= 4 is 45.1 Å². The molecule has 8 N–H and O–H groups in total. The maximum absolute atomic E-state index is 11.2. The first kappa shape index (κ1) is 19.7. The number of nitrogens with one attached hydrogen (secondary N) is 2. The number of hydrogen-bond acceptors (Lipinski definition) is 10. The average Bonchev–Trinajstić information content (AvgIpc) is 2.66. The molecule has 0 fully saturated rings.